The third-order valence-electron chi connectivity index (χ3n) is 3.37. The van der Waals surface area contributed by atoms with Crippen molar-refractivity contribution in [2.24, 2.45) is 5.41 Å². The van der Waals surface area contributed by atoms with E-state index in [-0.39, 0.29) is 0 Å². The van der Waals surface area contributed by atoms with Gasteiger partial charge in [-0.1, -0.05) is 13.0 Å². The number of nitrogens with one attached hydrogen (secondary N) is 2. The number of hydrogen-bond donors (Lipinski definition) is 2. The Labute approximate surface area is 102 Å². The van der Waals surface area contributed by atoms with Crippen LogP contribution in [0.5, 0.6) is 0 Å². The zero-order chi connectivity index (χ0) is 12.1. The summed E-state index contributed by atoms with van der Waals surface area (Å²) < 4.78 is 0. The average molecular weight is 230 g/mol. The van der Waals surface area contributed by atoms with E-state index in [2.05, 4.69) is 28.6 Å². The van der Waals surface area contributed by atoms with E-state index in [0.29, 0.717) is 11.1 Å². The van der Waals surface area contributed by atoms with Crippen LogP contribution in [0.1, 0.15) is 25.5 Å². The number of piperidine rings is 1. The van der Waals surface area contributed by atoms with Gasteiger partial charge in [0.1, 0.15) is 17.6 Å². The van der Waals surface area contributed by atoms with Crippen LogP contribution < -0.4 is 10.6 Å². The molecule has 0 atom stereocenters. The van der Waals surface area contributed by atoms with Crippen molar-refractivity contribution in [3.63, 3.8) is 0 Å². The Balaban J connectivity index is 1.95. The highest BCUT2D eigenvalue weighted by atomic mass is 15.0. The zero-order valence-corrected chi connectivity index (χ0v) is 10.2. The summed E-state index contributed by atoms with van der Waals surface area (Å²) in [4.78, 5) is 4.22. The van der Waals surface area contributed by atoms with E-state index in [1.165, 1.54) is 12.8 Å². The van der Waals surface area contributed by atoms with E-state index in [1.54, 1.807) is 6.07 Å². The van der Waals surface area contributed by atoms with Gasteiger partial charge < -0.3 is 10.6 Å². The molecule has 1 aliphatic heterocycles. The normalized spacial score (nSPS) is 18.4. The zero-order valence-electron chi connectivity index (χ0n) is 10.2. The molecule has 0 amide bonds. The van der Waals surface area contributed by atoms with Gasteiger partial charge in [0.15, 0.2) is 0 Å². The molecule has 0 radical (unpaired) electrons. The molecule has 0 bridgehead atoms. The summed E-state index contributed by atoms with van der Waals surface area (Å²) in [5, 5.41) is 15.5. The van der Waals surface area contributed by atoms with Crippen LogP contribution in [-0.4, -0.2) is 24.6 Å². The van der Waals surface area contributed by atoms with E-state index >= 15 is 0 Å². The van der Waals surface area contributed by atoms with Crippen molar-refractivity contribution >= 4 is 5.82 Å². The van der Waals surface area contributed by atoms with Gasteiger partial charge in [0.25, 0.3) is 0 Å². The Bertz CT molecular complexity index is 416. The van der Waals surface area contributed by atoms with Gasteiger partial charge in [-0.2, -0.15) is 5.26 Å². The van der Waals surface area contributed by atoms with Crippen molar-refractivity contribution in [3.8, 4) is 6.07 Å². The van der Waals surface area contributed by atoms with Crippen LogP contribution >= 0.6 is 0 Å². The van der Waals surface area contributed by atoms with Gasteiger partial charge in [-0.25, -0.2) is 4.98 Å². The van der Waals surface area contributed by atoms with E-state index in [4.69, 9.17) is 5.26 Å². The van der Waals surface area contributed by atoms with Crippen molar-refractivity contribution in [2.75, 3.05) is 25.0 Å². The quantitative estimate of drug-likeness (QED) is 0.830. The molecule has 0 saturated carbocycles. The fraction of sp³-hybridized carbons (Fsp3) is 0.538. The summed E-state index contributed by atoms with van der Waals surface area (Å²) in [5.74, 6) is 0.795. The minimum Gasteiger partial charge on any atom is -0.369 e. The van der Waals surface area contributed by atoms with Crippen molar-refractivity contribution in [1.29, 1.82) is 5.26 Å². The molecule has 1 saturated heterocycles. The first-order chi connectivity index (χ1) is 8.22. The molecule has 90 valence electrons. The maximum absolute atomic E-state index is 8.78. The number of hydrogen-bond acceptors (Lipinski definition) is 4. The summed E-state index contributed by atoms with van der Waals surface area (Å²) in [6, 6.07) is 7.54. The van der Waals surface area contributed by atoms with E-state index < -0.39 is 0 Å². The molecule has 1 fully saturated rings. The minimum absolute atomic E-state index is 0.329. The molecule has 17 heavy (non-hydrogen) atoms. The second kappa shape index (κ2) is 5.15. The van der Waals surface area contributed by atoms with Gasteiger partial charge in [0.2, 0.25) is 0 Å². The summed E-state index contributed by atoms with van der Waals surface area (Å²) in [5.41, 5.74) is 0.792. The molecule has 2 N–H and O–H groups in total. The Hall–Kier alpha value is -1.60. The van der Waals surface area contributed by atoms with Crippen molar-refractivity contribution in [2.45, 2.75) is 19.8 Å². The number of anilines is 1. The van der Waals surface area contributed by atoms with Gasteiger partial charge in [-0.05, 0) is 43.5 Å². The third-order valence-corrected chi connectivity index (χ3v) is 3.37. The Morgan fingerprint density at radius 2 is 2.24 bits per heavy atom. The maximum Gasteiger partial charge on any atom is 0.142 e. The molecule has 0 aromatic carbocycles. The van der Waals surface area contributed by atoms with Gasteiger partial charge >= 0.3 is 0 Å². The lowest BCUT2D eigenvalue weighted by Crippen LogP contribution is -2.39. The van der Waals surface area contributed by atoms with E-state index in [0.717, 1.165) is 25.5 Å². The highest BCUT2D eigenvalue weighted by Gasteiger charge is 2.26. The van der Waals surface area contributed by atoms with Crippen molar-refractivity contribution < 1.29 is 0 Å². The van der Waals surface area contributed by atoms with Gasteiger partial charge in [-0.3, -0.25) is 0 Å². The van der Waals surface area contributed by atoms with Gasteiger partial charge in [0.05, 0.1) is 0 Å². The Morgan fingerprint density at radius 1 is 1.47 bits per heavy atom. The summed E-state index contributed by atoms with van der Waals surface area (Å²) >= 11 is 0. The number of pyridine rings is 1. The van der Waals surface area contributed by atoms with Crippen LogP contribution in [0.3, 0.4) is 0 Å². The van der Waals surface area contributed by atoms with Crippen LogP contribution in [0.4, 0.5) is 5.82 Å². The number of nitrogens with zero attached hydrogens (tertiary/aromatic N) is 2. The first kappa shape index (κ1) is 11.9. The van der Waals surface area contributed by atoms with E-state index in [9.17, 15) is 0 Å². The lowest BCUT2D eigenvalue weighted by Gasteiger charge is -2.34. The SMILES string of the molecule is CC1(CNc2cccc(C#N)n2)CCNCC1. The number of aromatic nitrogens is 1. The molecular formula is C13H18N4. The van der Waals surface area contributed by atoms with Crippen LogP contribution in [0.2, 0.25) is 0 Å². The maximum atomic E-state index is 8.78. The fourth-order valence-corrected chi connectivity index (χ4v) is 2.11. The molecular weight excluding hydrogens is 212 g/mol. The smallest absolute Gasteiger partial charge is 0.142 e. The second-order valence-electron chi connectivity index (χ2n) is 4.93. The summed E-state index contributed by atoms with van der Waals surface area (Å²) in [6.45, 7) is 5.39. The van der Waals surface area contributed by atoms with Crippen LogP contribution in [0.25, 0.3) is 0 Å². The first-order valence-corrected chi connectivity index (χ1v) is 6.04. The predicted octanol–water partition coefficient (Wildman–Crippen LogP) is 1.75. The van der Waals surface area contributed by atoms with Crippen molar-refractivity contribution in [3.05, 3.63) is 23.9 Å². The topological polar surface area (TPSA) is 60.7 Å². The molecule has 2 rings (SSSR count). The minimum atomic E-state index is 0.329. The molecule has 4 heteroatoms. The average Bonchev–Trinajstić information content (AvgIpc) is 2.38. The van der Waals surface area contributed by atoms with Crippen molar-refractivity contribution in [1.82, 2.24) is 10.3 Å². The molecule has 1 aliphatic rings. The molecule has 4 nitrogen and oxygen atoms in total. The highest BCUT2D eigenvalue weighted by molar-refractivity contribution is 5.38. The molecule has 1 aromatic heterocycles. The molecule has 2 heterocycles. The van der Waals surface area contributed by atoms with Gasteiger partial charge in [-0.15, -0.1) is 0 Å². The Morgan fingerprint density at radius 3 is 2.94 bits per heavy atom. The lowest BCUT2D eigenvalue weighted by molar-refractivity contribution is 0.247. The first-order valence-electron chi connectivity index (χ1n) is 6.04. The van der Waals surface area contributed by atoms with Crippen LogP contribution in [0.15, 0.2) is 18.2 Å². The summed E-state index contributed by atoms with van der Waals surface area (Å²) in [7, 11) is 0. The Kier molecular flexibility index (Phi) is 3.60. The second-order valence-corrected chi connectivity index (χ2v) is 4.93. The largest absolute Gasteiger partial charge is 0.369 e. The fourth-order valence-electron chi connectivity index (χ4n) is 2.11. The summed E-state index contributed by atoms with van der Waals surface area (Å²) in [6.07, 6.45) is 2.36. The highest BCUT2D eigenvalue weighted by Crippen LogP contribution is 2.27. The molecule has 0 unspecified atom stereocenters. The van der Waals surface area contributed by atoms with Crippen LogP contribution in [-0.2, 0) is 0 Å². The standard InChI is InChI=1S/C13H18N4/c1-13(5-7-15-8-6-13)10-16-12-4-2-3-11(9-14)17-12/h2-4,15H,5-8,10H2,1H3,(H,16,17). The van der Waals surface area contributed by atoms with Gasteiger partial charge in [0, 0.05) is 6.54 Å². The lowest BCUT2D eigenvalue weighted by atomic mass is 9.81. The number of rotatable bonds is 3. The molecule has 0 aliphatic carbocycles. The van der Waals surface area contributed by atoms with E-state index in [1.807, 2.05) is 12.1 Å². The predicted molar refractivity (Wildman–Crippen MR) is 67.7 cm³/mol. The number of nitriles is 1. The molecule has 0 spiro atoms. The third kappa shape index (κ3) is 3.18. The molecule has 1 aromatic rings. The van der Waals surface area contributed by atoms with Crippen LogP contribution in [0, 0.1) is 16.7 Å². The monoisotopic (exact) mass is 230 g/mol.